The van der Waals surface area contributed by atoms with Crippen molar-refractivity contribution in [3.63, 3.8) is 0 Å². The summed E-state index contributed by atoms with van der Waals surface area (Å²) in [4.78, 5) is 0. The van der Waals surface area contributed by atoms with E-state index in [0.717, 1.165) is 43.2 Å². The number of benzene rings is 1. The third-order valence-corrected chi connectivity index (χ3v) is 2.53. The molecule has 0 aliphatic carbocycles. The Kier molecular flexibility index (Phi) is 7.22. The van der Waals surface area contributed by atoms with Crippen molar-refractivity contribution in [2.45, 2.75) is 19.9 Å². The maximum absolute atomic E-state index is 5.76. The van der Waals surface area contributed by atoms with E-state index in [1.165, 1.54) is 0 Å². The van der Waals surface area contributed by atoms with Crippen LogP contribution in [0.5, 0.6) is 11.5 Å². The largest absolute Gasteiger partial charge is 0.497 e. The molecule has 0 atom stereocenters. The van der Waals surface area contributed by atoms with Gasteiger partial charge in [0.05, 0.1) is 13.7 Å². The monoisotopic (exact) mass is 253 g/mol. The number of nitrogens with one attached hydrogen (secondary N) is 1. The molecule has 0 spiro atoms. The zero-order chi connectivity index (χ0) is 13.2. The summed E-state index contributed by atoms with van der Waals surface area (Å²) in [6.45, 7) is 4.93. The minimum absolute atomic E-state index is 0.670. The molecule has 1 N–H and O–H groups in total. The van der Waals surface area contributed by atoms with Crippen molar-refractivity contribution >= 4 is 0 Å². The first-order valence-corrected chi connectivity index (χ1v) is 6.33. The molecule has 0 radical (unpaired) electrons. The fraction of sp³-hybridized carbons (Fsp3) is 0.571. The Bertz CT molecular complexity index is 342. The maximum atomic E-state index is 5.76. The summed E-state index contributed by atoms with van der Waals surface area (Å²) in [5, 5.41) is 3.13. The van der Waals surface area contributed by atoms with Crippen LogP contribution in [0.3, 0.4) is 0 Å². The van der Waals surface area contributed by atoms with Crippen LogP contribution >= 0.6 is 0 Å². The summed E-state index contributed by atoms with van der Waals surface area (Å²) in [6.07, 6.45) is 0.902. The third-order valence-electron chi connectivity index (χ3n) is 2.53. The van der Waals surface area contributed by atoms with Crippen LogP contribution in [0.25, 0.3) is 0 Å². The lowest BCUT2D eigenvalue weighted by Crippen LogP contribution is -2.09. The third kappa shape index (κ3) is 4.94. The first-order chi connectivity index (χ1) is 8.81. The second-order valence-corrected chi connectivity index (χ2v) is 3.90. The van der Waals surface area contributed by atoms with E-state index in [0.29, 0.717) is 6.61 Å². The van der Waals surface area contributed by atoms with Gasteiger partial charge in [-0.2, -0.15) is 0 Å². The molecule has 4 nitrogen and oxygen atoms in total. The van der Waals surface area contributed by atoms with Crippen molar-refractivity contribution < 1.29 is 14.2 Å². The van der Waals surface area contributed by atoms with Crippen LogP contribution in [0.4, 0.5) is 0 Å². The molecule has 0 bridgehead atoms. The van der Waals surface area contributed by atoms with E-state index in [2.05, 4.69) is 5.32 Å². The molecule has 0 aliphatic heterocycles. The molecule has 0 saturated heterocycles. The quantitative estimate of drug-likeness (QED) is 0.685. The van der Waals surface area contributed by atoms with Crippen LogP contribution in [-0.2, 0) is 11.3 Å². The predicted molar refractivity (Wildman–Crippen MR) is 72.4 cm³/mol. The Labute approximate surface area is 109 Å². The van der Waals surface area contributed by atoms with Crippen LogP contribution in [0.15, 0.2) is 18.2 Å². The topological polar surface area (TPSA) is 39.7 Å². The molecule has 0 amide bonds. The number of hydrogen-bond donors (Lipinski definition) is 1. The molecule has 0 unspecified atom stereocenters. The fourth-order valence-electron chi connectivity index (χ4n) is 1.64. The van der Waals surface area contributed by atoms with Crippen LogP contribution in [0.2, 0.25) is 0 Å². The molecule has 0 saturated carbocycles. The molecule has 4 heteroatoms. The summed E-state index contributed by atoms with van der Waals surface area (Å²) in [7, 11) is 3.58. The van der Waals surface area contributed by atoms with Gasteiger partial charge in [-0.3, -0.25) is 0 Å². The van der Waals surface area contributed by atoms with E-state index in [9.17, 15) is 0 Å². The molecule has 102 valence electrons. The van der Waals surface area contributed by atoms with Crippen LogP contribution in [0.1, 0.15) is 18.9 Å². The highest BCUT2D eigenvalue weighted by atomic mass is 16.5. The van der Waals surface area contributed by atoms with Gasteiger partial charge in [0, 0.05) is 31.7 Å². The smallest absolute Gasteiger partial charge is 0.124 e. The molecule has 1 aromatic carbocycles. The van der Waals surface area contributed by atoms with Crippen LogP contribution in [-0.4, -0.2) is 34.0 Å². The molecule has 0 heterocycles. The molecule has 0 aliphatic rings. The number of rotatable bonds is 9. The van der Waals surface area contributed by atoms with Gasteiger partial charge < -0.3 is 19.5 Å². The van der Waals surface area contributed by atoms with Gasteiger partial charge in [-0.05, 0) is 32.2 Å². The van der Waals surface area contributed by atoms with Gasteiger partial charge in [0.2, 0.25) is 0 Å². The van der Waals surface area contributed by atoms with E-state index >= 15 is 0 Å². The molecule has 0 aromatic heterocycles. The van der Waals surface area contributed by atoms with Gasteiger partial charge >= 0.3 is 0 Å². The molecule has 18 heavy (non-hydrogen) atoms. The Hall–Kier alpha value is -1.26. The predicted octanol–water partition coefficient (Wildman–Crippen LogP) is 2.22. The maximum Gasteiger partial charge on any atom is 0.124 e. The van der Waals surface area contributed by atoms with Crippen molar-refractivity contribution in [3.8, 4) is 11.5 Å². The first-order valence-electron chi connectivity index (χ1n) is 6.33. The minimum atomic E-state index is 0.670. The number of hydrogen-bond acceptors (Lipinski definition) is 4. The SMILES string of the molecule is CCOCCCOc1ccc(OC)cc1CNC. The lowest BCUT2D eigenvalue weighted by atomic mass is 10.2. The lowest BCUT2D eigenvalue weighted by Gasteiger charge is -2.12. The van der Waals surface area contributed by atoms with Crippen molar-refractivity contribution in [2.24, 2.45) is 0 Å². The standard InChI is InChI=1S/C14H23NO3/c1-4-17-8-5-9-18-14-7-6-13(16-3)10-12(14)11-15-2/h6-7,10,15H,4-5,8-9,11H2,1-3H3. The molecular formula is C14H23NO3. The first kappa shape index (κ1) is 14.8. The summed E-state index contributed by atoms with van der Waals surface area (Å²) in [5.74, 6) is 1.75. The van der Waals surface area contributed by atoms with Crippen molar-refractivity contribution in [2.75, 3.05) is 34.0 Å². The highest BCUT2D eigenvalue weighted by Gasteiger charge is 2.05. The Morgan fingerprint density at radius 1 is 1.22 bits per heavy atom. The second kappa shape index (κ2) is 8.78. The summed E-state index contributed by atoms with van der Waals surface area (Å²) in [5.41, 5.74) is 1.10. The van der Waals surface area contributed by atoms with Gasteiger partial charge in [0.25, 0.3) is 0 Å². The summed E-state index contributed by atoms with van der Waals surface area (Å²) < 4.78 is 16.2. The van der Waals surface area contributed by atoms with E-state index in [4.69, 9.17) is 14.2 Å². The molecular weight excluding hydrogens is 230 g/mol. The fourth-order valence-corrected chi connectivity index (χ4v) is 1.64. The molecule has 1 rings (SSSR count). The zero-order valence-electron chi connectivity index (χ0n) is 11.5. The molecule has 0 fully saturated rings. The highest BCUT2D eigenvalue weighted by Crippen LogP contribution is 2.24. The highest BCUT2D eigenvalue weighted by molar-refractivity contribution is 5.40. The normalized spacial score (nSPS) is 10.4. The number of methoxy groups -OCH3 is 1. The van der Waals surface area contributed by atoms with Crippen molar-refractivity contribution in [3.05, 3.63) is 23.8 Å². The average Bonchev–Trinajstić information content (AvgIpc) is 2.40. The molecule has 1 aromatic rings. The van der Waals surface area contributed by atoms with E-state index in [-0.39, 0.29) is 0 Å². The number of ether oxygens (including phenoxy) is 3. The van der Waals surface area contributed by atoms with Crippen molar-refractivity contribution in [1.82, 2.24) is 5.32 Å². The Balaban J connectivity index is 2.52. The van der Waals surface area contributed by atoms with Crippen LogP contribution < -0.4 is 14.8 Å². The van der Waals surface area contributed by atoms with Gasteiger partial charge in [-0.15, -0.1) is 0 Å². The van der Waals surface area contributed by atoms with E-state index < -0.39 is 0 Å². The summed E-state index contributed by atoms with van der Waals surface area (Å²) >= 11 is 0. The lowest BCUT2D eigenvalue weighted by molar-refractivity contribution is 0.130. The van der Waals surface area contributed by atoms with E-state index in [1.54, 1.807) is 7.11 Å². The zero-order valence-corrected chi connectivity index (χ0v) is 11.5. The van der Waals surface area contributed by atoms with Gasteiger partial charge in [0.1, 0.15) is 11.5 Å². The van der Waals surface area contributed by atoms with Crippen molar-refractivity contribution in [1.29, 1.82) is 0 Å². The van der Waals surface area contributed by atoms with Gasteiger partial charge in [-0.1, -0.05) is 0 Å². The second-order valence-electron chi connectivity index (χ2n) is 3.90. The van der Waals surface area contributed by atoms with E-state index in [1.807, 2.05) is 32.2 Å². The van der Waals surface area contributed by atoms with Gasteiger partial charge in [0.15, 0.2) is 0 Å². The average molecular weight is 253 g/mol. The Morgan fingerprint density at radius 2 is 2.06 bits per heavy atom. The summed E-state index contributed by atoms with van der Waals surface area (Å²) in [6, 6.07) is 5.86. The van der Waals surface area contributed by atoms with Crippen LogP contribution in [0, 0.1) is 0 Å². The Morgan fingerprint density at radius 3 is 2.72 bits per heavy atom. The minimum Gasteiger partial charge on any atom is -0.497 e. The van der Waals surface area contributed by atoms with Gasteiger partial charge in [-0.25, -0.2) is 0 Å².